The second-order valence-electron chi connectivity index (χ2n) is 3.99. The molecule has 94 valence electrons. The summed E-state index contributed by atoms with van der Waals surface area (Å²) < 4.78 is 0. The van der Waals surface area contributed by atoms with Crippen molar-refractivity contribution < 1.29 is 0 Å². The Morgan fingerprint density at radius 2 is 1.89 bits per heavy atom. The first kappa shape index (κ1) is 12.1. The number of hydrogen-bond acceptors (Lipinski definition) is 4. The van der Waals surface area contributed by atoms with Gasteiger partial charge in [0.05, 0.1) is 16.4 Å². The molecule has 0 unspecified atom stereocenters. The third kappa shape index (κ3) is 2.45. The van der Waals surface area contributed by atoms with Crippen LogP contribution in [-0.4, -0.2) is 9.97 Å². The van der Waals surface area contributed by atoms with Crippen molar-refractivity contribution in [1.29, 1.82) is 0 Å². The highest BCUT2D eigenvalue weighted by Crippen LogP contribution is 2.30. The van der Waals surface area contributed by atoms with Gasteiger partial charge in [0.1, 0.15) is 5.01 Å². The van der Waals surface area contributed by atoms with Crippen LogP contribution in [0.4, 0.5) is 5.69 Å². The van der Waals surface area contributed by atoms with E-state index in [1.807, 2.05) is 41.8 Å². The normalized spacial score (nSPS) is 10.6. The minimum atomic E-state index is 0.618. The zero-order chi connectivity index (χ0) is 13.2. The lowest BCUT2D eigenvalue weighted by Gasteiger charge is -2.00. The van der Waals surface area contributed by atoms with Crippen molar-refractivity contribution in [2.24, 2.45) is 0 Å². The molecule has 3 nitrogen and oxygen atoms in total. The van der Waals surface area contributed by atoms with E-state index in [1.54, 1.807) is 6.20 Å². The van der Waals surface area contributed by atoms with E-state index in [9.17, 15) is 0 Å². The molecule has 5 heteroatoms. The summed E-state index contributed by atoms with van der Waals surface area (Å²) in [6, 6.07) is 11.4. The van der Waals surface area contributed by atoms with Gasteiger partial charge in [-0.05, 0) is 18.2 Å². The summed E-state index contributed by atoms with van der Waals surface area (Å²) in [5.74, 6) is 0. The summed E-state index contributed by atoms with van der Waals surface area (Å²) in [6.45, 7) is 0. The van der Waals surface area contributed by atoms with E-state index >= 15 is 0 Å². The van der Waals surface area contributed by atoms with Gasteiger partial charge in [0.25, 0.3) is 0 Å². The van der Waals surface area contributed by atoms with Crippen LogP contribution in [-0.2, 0) is 0 Å². The van der Waals surface area contributed by atoms with Gasteiger partial charge in [-0.3, -0.25) is 4.98 Å². The highest BCUT2D eigenvalue weighted by Gasteiger charge is 2.09. The number of halogens is 1. The van der Waals surface area contributed by atoms with Crippen LogP contribution in [0, 0.1) is 0 Å². The van der Waals surface area contributed by atoms with Crippen molar-refractivity contribution in [1.82, 2.24) is 9.97 Å². The molecule has 0 saturated heterocycles. The standard InChI is InChI=1S/C14H10ClN3S/c15-9-5-6-12(17-7-9)14-18-13(8-19-14)10-3-1-2-4-11(10)16/h1-8H,16H2. The Morgan fingerprint density at radius 1 is 1.05 bits per heavy atom. The molecule has 0 amide bonds. The van der Waals surface area contributed by atoms with Gasteiger partial charge in [0.2, 0.25) is 0 Å². The van der Waals surface area contributed by atoms with Crippen LogP contribution in [0.3, 0.4) is 0 Å². The summed E-state index contributed by atoms with van der Waals surface area (Å²) in [6.07, 6.45) is 1.62. The lowest BCUT2D eigenvalue weighted by molar-refractivity contribution is 1.29. The fraction of sp³-hybridized carbons (Fsp3) is 0. The minimum absolute atomic E-state index is 0.618. The van der Waals surface area contributed by atoms with Gasteiger partial charge in [-0.25, -0.2) is 4.98 Å². The van der Waals surface area contributed by atoms with Crippen LogP contribution in [0.25, 0.3) is 22.0 Å². The monoisotopic (exact) mass is 287 g/mol. The topological polar surface area (TPSA) is 51.8 Å². The quantitative estimate of drug-likeness (QED) is 0.722. The van der Waals surface area contributed by atoms with Crippen molar-refractivity contribution in [3.05, 3.63) is 53.0 Å². The van der Waals surface area contributed by atoms with E-state index in [0.29, 0.717) is 5.02 Å². The maximum atomic E-state index is 5.95. The number of rotatable bonds is 2. The van der Waals surface area contributed by atoms with E-state index < -0.39 is 0 Å². The van der Waals surface area contributed by atoms with E-state index in [0.717, 1.165) is 27.6 Å². The molecule has 3 rings (SSSR count). The van der Waals surface area contributed by atoms with E-state index in [-0.39, 0.29) is 0 Å². The molecular weight excluding hydrogens is 278 g/mol. The average molecular weight is 288 g/mol. The van der Waals surface area contributed by atoms with Crippen molar-refractivity contribution in [2.75, 3.05) is 5.73 Å². The number of hydrogen-bond donors (Lipinski definition) is 1. The van der Waals surface area contributed by atoms with Gasteiger partial charge in [0.15, 0.2) is 0 Å². The summed E-state index contributed by atoms with van der Waals surface area (Å²) in [4.78, 5) is 8.84. The lowest BCUT2D eigenvalue weighted by Crippen LogP contribution is -1.89. The molecular formula is C14H10ClN3S. The Balaban J connectivity index is 2.00. The molecule has 0 atom stereocenters. The van der Waals surface area contributed by atoms with Gasteiger partial charge < -0.3 is 5.73 Å². The van der Waals surface area contributed by atoms with Gasteiger partial charge >= 0.3 is 0 Å². The smallest absolute Gasteiger partial charge is 0.142 e. The van der Waals surface area contributed by atoms with Crippen LogP contribution in [0.15, 0.2) is 48.0 Å². The number of benzene rings is 1. The number of nitrogens with two attached hydrogens (primary N) is 1. The Bertz CT molecular complexity index is 707. The van der Waals surface area contributed by atoms with Crippen LogP contribution in [0.1, 0.15) is 0 Å². The molecule has 0 aliphatic heterocycles. The van der Waals surface area contributed by atoms with Gasteiger partial charge in [-0.2, -0.15) is 0 Å². The third-order valence-electron chi connectivity index (χ3n) is 2.69. The fourth-order valence-corrected chi connectivity index (χ4v) is 2.65. The SMILES string of the molecule is Nc1ccccc1-c1csc(-c2ccc(Cl)cn2)n1. The molecule has 0 spiro atoms. The molecule has 19 heavy (non-hydrogen) atoms. The maximum absolute atomic E-state index is 5.95. The number of para-hydroxylation sites is 1. The Kier molecular flexibility index (Phi) is 3.19. The second kappa shape index (κ2) is 4.99. The maximum Gasteiger partial charge on any atom is 0.142 e. The van der Waals surface area contributed by atoms with Crippen LogP contribution in [0.5, 0.6) is 0 Å². The number of aromatic nitrogens is 2. The molecule has 0 saturated carbocycles. The van der Waals surface area contributed by atoms with Gasteiger partial charge in [0, 0.05) is 22.8 Å². The van der Waals surface area contributed by atoms with Crippen molar-refractivity contribution in [2.45, 2.75) is 0 Å². The average Bonchev–Trinajstić information content (AvgIpc) is 2.89. The minimum Gasteiger partial charge on any atom is -0.398 e. The Morgan fingerprint density at radius 3 is 2.63 bits per heavy atom. The molecule has 2 heterocycles. The van der Waals surface area contributed by atoms with E-state index in [4.69, 9.17) is 17.3 Å². The zero-order valence-corrected chi connectivity index (χ0v) is 11.4. The van der Waals surface area contributed by atoms with Crippen molar-refractivity contribution in [3.8, 4) is 22.0 Å². The molecule has 0 bridgehead atoms. The van der Waals surface area contributed by atoms with Gasteiger partial charge in [-0.15, -0.1) is 11.3 Å². The molecule has 1 aromatic carbocycles. The molecule has 0 fully saturated rings. The van der Waals surface area contributed by atoms with E-state index in [2.05, 4.69) is 9.97 Å². The summed E-state index contributed by atoms with van der Waals surface area (Å²) in [5, 5.41) is 3.46. The number of nitrogen functional groups attached to an aromatic ring is 1. The highest BCUT2D eigenvalue weighted by atomic mass is 35.5. The fourth-order valence-electron chi connectivity index (χ4n) is 1.75. The summed E-state index contributed by atoms with van der Waals surface area (Å²) >= 11 is 7.36. The van der Waals surface area contributed by atoms with Crippen molar-refractivity contribution >= 4 is 28.6 Å². The van der Waals surface area contributed by atoms with Crippen LogP contribution < -0.4 is 5.73 Å². The second-order valence-corrected chi connectivity index (χ2v) is 5.28. The van der Waals surface area contributed by atoms with E-state index in [1.165, 1.54) is 11.3 Å². The summed E-state index contributed by atoms with van der Waals surface area (Å²) in [5.41, 5.74) is 9.31. The van der Waals surface area contributed by atoms with Crippen LogP contribution in [0.2, 0.25) is 5.02 Å². The first-order valence-corrected chi connectivity index (χ1v) is 6.92. The first-order valence-electron chi connectivity index (χ1n) is 5.66. The lowest BCUT2D eigenvalue weighted by atomic mass is 10.1. The zero-order valence-electron chi connectivity index (χ0n) is 9.88. The largest absolute Gasteiger partial charge is 0.398 e. The number of pyridine rings is 1. The van der Waals surface area contributed by atoms with Crippen LogP contribution >= 0.6 is 22.9 Å². The summed E-state index contributed by atoms with van der Waals surface area (Å²) in [7, 11) is 0. The molecule has 2 aromatic heterocycles. The molecule has 0 radical (unpaired) electrons. The molecule has 0 aliphatic rings. The predicted octanol–water partition coefficient (Wildman–Crippen LogP) is 4.11. The Labute approximate surface area is 119 Å². The molecule has 0 aliphatic carbocycles. The third-order valence-corrected chi connectivity index (χ3v) is 3.78. The number of anilines is 1. The van der Waals surface area contributed by atoms with Crippen molar-refractivity contribution in [3.63, 3.8) is 0 Å². The highest BCUT2D eigenvalue weighted by molar-refractivity contribution is 7.13. The molecule has 3 aromatic rings. The van der Waals surface area contributed by atoms with Gasteiger partial charge in [-0.1, -0.05) is 29.8 Å². The number of nitrogens with zero attached hydrogens (tertiary/aromatic N) is 2. The molecule has 2 N–H and O–H groups in total. The Hall–Kier alpha value is -1.91. The predicted molar refractivity (Wildman–Crippen MR) is 80.2 cm³/mol. The first-order chi connectivity index (χ1) is 9.24. The number of thiazole rings is 1.